The number of fused-ring (bicyclic) bond motifs is 3. The van der Waals surface area contributed by atoms with Crippen molar-refractivity contribution in [2.24, 2.45) is 5.73 Å². The molecule has 0 aliphatic carbocycles. The van der Waals surface area contributed by atoms with Crippen molar-refractivity contribution in [3.8, 4) is 11.1 Å². The monoisotopic (exact) mass is 350 g/mol. The number of nitrogens with one attached hydrogen (secondary N) is 1. The maximum atomic E-state index is 12.0. The molecule has 0 aliphatic heterocycles. The van der Waals surface area contributed by atoms with Crippen molar-refractivity contribution in [1.82, 2.24) is 15.0 Å². The molecule has 3 N–H and O–H groups in total. The quantitative estimate of drug-likeness (QED) is 0.569. The van der Waals surface area contributed by atoms with Gasteiger partial charge < -0.3 is 10.7 Å². The number of H-pyrrole nitrogens is 1. The third-order valence-electron chi connectivity index (χ3n) is 4.55. The van der Waals surface area contributed by atoms with Crippen molar-refractivity contribution in [3.63, 3.8) is 0 Å². The number of carbonyl (C=O) groups excluding carboxylic acids is 1. The van der Waals surface area contributed by atoms with Gasteiger partial charge in [0.25, 0.3) is 5.91 Å². The van der Waals surface area contributed by atoms with E-state index in [4.69, 9.17) is 17.3 Å². The summed E-state index contributed by atoms with van der Waals surface area (Å²) in [6.07, 6.45) is 5.19. The summed E-state index contributed by atoms with van der Waals surface area (Å²) in [4.78, 5) is 23.8. The number of amides is 1. The maximum absolute atomic E-state index is 12.0. The Kier molecular flexibility index (Phi) is 3.47. The molecule has 3 aromatic heterocycles. The second-order valence-corrected chi connectivity index (χ2v) is 6.42. The lowest BCUT2D eigenvalue weighted by molar-refractivity contribution is 0.1000. The summed E-state index contributed by atoms with van der Waals surface area (Å²) < 4.78 is 0. The Bertz CT molecular complexity index is 1160. The fraction of sp³-hybridized carbons (Fsp3) is 0.105. The van der Waals surface area contributed by atoms with Gasteiger partial charge in [0, 0.05) is 39.3 Å². The number of hydrogen-bond acceptors (Lipinski definition) is 3. The molecule has 0 saturated heterocycles. The zero-order valence-corrected chi connectivity index (χ0v) is 14.5. The fourth-order valence-electron chi connectivity index (χ4n) is 3.38. The Morgan fingerprint density at radius 2 is 2.00 bits per heavy atom. The van der Waals surface area contributed by atoms with Gasteiger partial charge in [-0.25, -0.2) is 0 Å². The summed E-state index contributed by atoms with van der Waals surface area (Å²) in [5.41, 5.74) is 10.9. The van der Waals surface area contributed by atoms with Crippen LogP contribution < -0.4 is 5.73 Å². The Morgan fingerprint density at radius 3 is 2.76 bits per heavy atom. The van der Waals surface area contributed by atoms with E-state index >= 15 is 0 Å². The molecule has 1 amide bonds. The highest BCUT2D eigenvalue weighted by atomic mass is 35.5. The Labute approximate surface area is 148 Å². The first-order chi connectivity index (χ1) is 12.0. The molecule has 5 nitrogen and oxygen atoms in total. The van der Waals surface area contributed by atoms with E-state index < -0.39 is 5.91 Å². The molecule has 0 radical (unpaired) electrons. The standard InChI is InChI=1S/C19H15ClN4O/c1-9-14(20)7-13-11-3-5-22-8-15(11)24-18(13)16(9)12-4-6-23-10(2)17(12)19(21)25/h3-8,24H,1-2H3,(H2,21,25). The van der Waals surface area contributed by atoms with Crippen LogP contribution in [-0.4, -0.2) is 20.9 Å². The molecule has 0 atom stereocenters. The van der Waals surface area contributed by atoms with Gasteiger partial charge in [-0.05, 0) is 37.6 Å². The minimum Gasteiger partial charge on any atom is -0.366 e. The number of aromatic amines is 1. The molecule has 0 fully saturated rings. The number of aryl methyl sites for hydroxylation is 1. The van der Waals surface area contributed by atoms with Crippen LogP contribution in [0, 0.1) is 13.8 Å². The highest BCUT2D eigenvalue weighted by Gasteiger charge is 2.21. The summed E-state index contributed by atoms with van der Waals surface area (Å²) in [5, 5.41) is 2.64. The third kappa shape index (κ3) is 2.27. The molecule has 124 valence electrons. The summed E-state index contributed by atoms with van der Waals surface area (Å²) in [5.74, 6) is -0.508. The first kappa shape index (κ1) is 15.6. The number of primary amides is 1. The number of hydrogen-bond donors (Lipinski definition) is 2. The number of benzene rings is 1. The zero-order valence-electron chi connectivity index (χ0n) is 13.7. The summed E-state index contributed by atoms with van der Waals surface area (Å²) in [6.45, 7) is 3.71. The van der Waals surface area contributed by atoms with Gasteiger partial charge in [0.2, 0.25) is 0 Å². The molecule has 1 aromatic carbocycles. The van der Waals surface area contributed by atoms with Crippen LogP contribution in [0.3, 0.4) is 0 Å². The van der Waals surface area contributed by atoms with E-state index in [2.05, 4.69) is 15.0 Å². The van der Waals surface area contributed by atoms with E-state index in [0.717, 1.165) is 38.5 Å². The van der Waals surface area contributed by atoms with E-state index in [-0.39, 0.29) is 0 Å². The lowest BCUT2D eigenvalue weighted by Crippen LogP contribution is -2.15. The molecule has 0 bridgehead atoms. The third-order valence-corrected chi connectivity index (χ3v) is 4.94. The molecule has 0 saturated carbocycles. The van der Waals surface area contributed by atoms with Crippen LogP contribution in [-0.2, 0) is 0 Å². The SMILES string of the molecule is Cc1nccc(-c2c(C)c(Cl)cc3c2[nH]c2cnccc23)c1C(N)=O. The van der Waals surface area contributed by atoms with Crippen LogP contribution in [0.1, 0.15) is 21.6 Å². The summed E-state index contributed by atoms with van der Waals surface area (Å²) in [6, 6.07) is 5.68. The number of nitrogens with zero attached hydrogens (tertiary/aromatic N) is 2. The second kappa shape index (κ2) is 5.57. The number of rotatable bonds is 2. The minimum atomic E-state index is -0.508. The topological polar surface area (TPSA) is 84.7 Å². The molecule has 0 unspecified atom stereocenters. The van der Waals surface area contributed by atoms with E-state index in [0.29, 0.717) is 16.3 Å². The number of aromatic nitrogens is 3. The smallest absolute Gasteiger partial charge is 0.251 e. The van der Waals surface area contributed by atoms with Gasteiger partial charge >= 0.3 is 0 Å². The van der Waals surface area contributed by atoms with Crippen LogP contribution >= 0.6 is 11.6 Å². The first-order valence-electron chi connectivity index (χ1n) is 7.79. The Balaban J connectivity index is 2.21. The highest BCUT2D eigenvalue weighted by molar-refractivity contribution is 6.34. The average molecular weight is 351 g/mol. The van der Waals surface area contributed by atoms with E-state index in [9.17, 15) is 4.79 Å². The van der Waals surface area contributed by atoms with Crippen LogP contribution in [0.4, 0.5) is 0 Å². The van der Waals surface area contributed by atoms with Crippen molar-refractivity contribution in [3.05, 3.63) is 58.6 Å². The zero-order chi connectivity index (χ0) is 17.7. The van der Waals surface area contributed by atoms with Gasteiger partial charge in [0.1, 0.15) is 0 Å². The predicted octanol–water partition coefficient (Wildman–Crippen LogP) is 4.15. The summed E-state index contributed by atoms with van der Waals surface area (Å²) >= 11 is 6.51. The predicted molar refractivity (Wildman–Crippen MR) is 99.8 cm³/mol. The molecule has 0 spiro atoms. The number of halogens is 1. The fourth-order valence-corrected chi connectivity index (χ4v) is 3.58. The molecular weight excluding hydrogens is 336 g/mol. The van der Waals surface area contributed by atoms with Crippen molar-refractivity contribution in [2.45, 2.75) is 13.8 Å². The number of pyridine rings is 2. The first-order valence-corrected chi connectivity index (χ1v) is 8.17. The molecule has 6 heteroatoms. The van der Waals surface area contributed by atoms with Crippen LogP contribution in [0.15, 0.2) is 36.8 Å². The maximum Gasteiger partial charge on any atom is 0.251 e. The van der Waals surface area contributed by atoms with E-state index in [1.807, 2.05) is 19.1 Å². The van der Waals surface area contributed by atoms with E-state index in [1.54, 1.807) is 31.6 Å². The Morgan fingerprint density at radius 1 is 1.20 bits per heavy atom. The molecule has 4 aromatic rings. The molecule has 0 aliphatic rings. The van der Waals surface area contributed by atoms with Gasteiger partial charge in [-0.3, -0.25) is 14.8 Å². The summed E-state index contributed by atoms with van der Waals surface area (Å²) in [7, 11) is 0. The molecule has 4 rings (SSSR count). The van der Waals surface area contributed by atoms with Gasteiger partial charge in [0.15, 0.2) is 0 Å². The second-order valence-electron chi connectivity index (χ2n) is 6.01. The largest absolute Gasteiger partial charge is 0.366 e. The molecule has 3 heterocycles. The lowest BCUT2D eigenvalue weighted by atomic mass is 9.93. The van der Waals surface area contributed by atoms with Crippen LogP contribution in [0.25, 0.3) is 32.9 Å². The van der Waals surface area contributed by atoms with Crippen LogP contribution in [0.2, 0.25) is 5.02 Å². The van der Waals surface area contributed by atoms with Gasteiger partial charge in [-0.2, -0.15) is 0 Å². The minimum absolute atomic E-state index is 0.408. The average Bonchev–Trinajstić information content (AvgIpc) is 2.93. The van der Waals surface area contributed by atoms with Gasteiger partial charge in [-0.1, -0.05) is 11.6 Å². The van der Waals surface area contributed by atoms with Gasteiger partial charge in [-0.15, -0.1) is 0 Å². The molecule has 25 heavy (non-hydrogen) atoms. The normalized spacial score (nSPS) is 11.3. The van der Waals surface area contributed by atoms with Crippen molar-refractivity contribution >= 4 is 39.3 Å². The van der Waals surface area contributed by atoms with Gasteiger partial charge in [0.05, 0.1) is 28.5 Å². The van der Waals surface area contributed by atoms with Crippen molar-refractivity contribution in [1.29, 1.82) is 0 Å². The van der Waals surface area contributed by atoms with Crippen molar-refractivity contribution in [2.75, 3.05) is 0 Å². The Hall–Kier alpha value is -2.92. The lowest BCUT2D eigenvalue weighted by Gasteiger charge is -2.14. The van der Waals surface area contributed by atoms with E-state index in [1.165, 1.54) is 0 Å². The number of nitrogens with two attached hydrogens (primary N) is 1. The molecular formula is C19H15ClN4O. The van der Waals surface area contributed by atoms with Crippen molar-refractivity contribution < 1.29 is 4.79 Å². The van der Waals surface area contributed by atoms with Crippen LogP contribution in [0.5, 0.6) is 0 Å². The number of carbonyl (C=O) groups is 1. The highest BCUT2D eigenvalue weighted by Crippen LogP contribution is 2.40.